The lowest BCUT2D eigenvalue weighted by atomic mass is 10.0. The number of rotatable bonds is 3. The van der Waals surface area contributed by atoms with Gasteiger partial charge in [0.15, 0.2) is 0 Å². The summed E-state index contributed by atoms with van der Waals surface area (Å²) >= 11 is 0. The van der Waals surface area contributed by atoms with Gasteiger partial charge in [-0.05, 0) is 70.4 Å². The third kappa shape index (κ3) is 7.59. The summed E-state index contributed by atoms with van der Waals surface area (Å²) < 4.78 is 5.45. The molecule has 12 nitrogen and oxygen atoms in total. The van der Waals surface area contributed by atoms with Crippen LogP contribution in [0.5, 0.6) is 0 Å². The maximum atomic E-state index is 14.1. The van der Waals surface area contributed by atoms with E-state index >= 15 is 0 Å². The van der Waals surface area contributed by atoms with E-state index < -0.39 is 53.1 Å². The lowest BCUT2D eigenvalue weighted by Crippen LogP contribution is -2.57. The molecule has 1 aromatic carbocycles. The molecule has 0 radical (unpaired) electrons. The predicted molar refractivity (Wildman–Crippen MR) is 167 cm³/mol. The van der Waals surface area contributed by atoms with E-state index in [9.17, 15) is 24.0 Å². The highest BCUT2D eigenvalue weighted by molar-refractivity contribution is 5.98. The van der Waals surface area contributed by atoms with Crippen molar-refractivity contribution in [3.05, 3.63) is 47.5 Å². The van der Waals surface area contributed by atoms with Crippen LogP contribution in [0.3, 0.4) is 0 Å². The van der Waals surface area contributed by atoms with Gasteiger partial charge in [-0.15, -0.1) is 0 Å². The van der Waals surface area contributed by atoms with Crippen LogP contribution in [0.1, 0.15) is 76.8 Å². The molecule has 3 heterocycles. The Hall–Kier alpha value is -4.09. The molecular weight excluding hydrogens is 576 g/mol. The Morgan fingerprint density at radius 3 is 2.56 bits per heavy atom. The molecule has 5 atom stereocenters. The first-order valence-corrected chi connectivity index (χ1v) is 16.1. The van der Waals surface area contributed by atoms with E-state index in [1.165, 1.54) is 10.5 Å². The zero-order chi connectivity index (χ0) is 32.4. The number of allylic oxidation sites excluding steroid dienone is 1. The fourth-order valence-corrected chi connectivity index (χ4v) is 6.63. The summed E-state index contributed by atoms with van der Waals surface area (Å²) in [5.41, 5.74) is 6.12. The first-order valence-electron chi connectivity index (χ1n) is 16.1. The number of alkyl carbamates (subject to hydrolysis) is 1. The van der Waals surface area contributed by atoms with Crippen LogP contribution < -0.4 is 21.7 Å². The van der Waals surface area contributed by atoms with Crippen LogP contribution in [0.2, 0.25) is 0 Å². The average Bonchev–Trinajstić information content (AvgIpc) is 3.51. The van der Waals surface area contributed by atoms with Crippen molar-refractivity contribution in [3.8, 4) is 0 Å². The molecule has 5 rings (SSSR count). The number of primary amides is 1. The van der Waals surface area contributed by atoms with Gasteiger partial charge in [-0.1, -0.05) is 49.3 Å². The largest absolute Gasteiger partial charge is 0.444 e. The molecule has 6 amide bonds. The zero-order valence-electron chi connectivity index (χ0n) is 26.5. The molecule has 1 aliphatic carbocycles. The number of nitrogens with two attached hydrogens (primary N) is 1. The van der Waals surface area contributed by atoms with E-state index in [0.717, 1.165) is 31.2 Å². The quantitative estimate of drug-likeness (QED) is 0.379. The molecule has 0 unspecified atom stereocenters. The average molecular weight is 623 g/mol. The van der Waals surface area contributed by atoms with Crippen LogP contribution in [0.25, 0.3) is 0 Å². The van der Waals surface area contributed by atoms with E-state index in [-0.39, 0.29) is 24.9 Å². The Balaban J connectivity index is 1.36. The lowest BCUT2D eigenvalue weighted by molar-refractivity contribution is -0.141. The summed E-state index contributed by atoms with van der Waals surface area (Å²) in [5, 5.41) is 8.65. The van der Waals surface area contributed by atoms with Crippen molar-refractivity contribution in [1.29, 1.82) is 0 Å². The van der Waals surface area contributed by atoms with Crippen molar-refractivity contribution < 1.29 is 28.7 Å². The van der Waals surface area contributed by atoms with Gasteiger partial charge in [-0.25, -0.2) is 9.59 Å². The molecule has 1 saturated heterocycles. The zero-order valence-corrected chi connectivity index (χ0v) is 26.5. The van der Waals surface area contributed by atoms with Gasteiger partial charge in [-0.3, -0.25) is 14.4 Å². The summed E-state index contributed by atoms with van der Waals surface area (Å²) in [4.78, 5) is 69.8. The van der Waals surface area contributed by atoms with Crippen molar-refractivity contribution in [1.82, 2.24) is 25.8 Å². The van der Waals surface area contributed by atoms with Crippen molar-refractivity contribution >= 4 is 29.8 Å². The fourth-order valence-electron chi connectivity index (χ4n) is 6.63. The first-order chi connectivity index (χ1) is 21.4. The highest BCUT2D eigenvalue weighted by atomic mass is 16.6. The molecule has 45 heavy (non-hydrogen) atoms. The number of carbonyl (C=O) groups excluding carboxylic acids is 5. The van der Waals surface area contributed by atoms with Gasteiger partial charge in [0, 0.05) is 25.6 Å². The summed E-state index contributed by atoms with van der Waals surface area (Å²) in [6.07, 6.45) is 8.05. The standard InChI is InChI=1S/C33H46N6O6/c1-32(2,3)45-31(44)36-25-14-8-6-4-5-7-13-23-18-33(23,29(34)42)37-27(40)26-17-24(20-39(26)28(25)41)35-30(43)38-16-15-21-11-9-10-12-22(21)19-38/h7,9-13,23-26H,4-6,8,14-20H2,1-3H3,(H2,34,42)(H,35,43)(H,36,44)(H,37,40)/b13-7-/t23-,24-,25+,26+,33-/m1/s1. The minimum atomic E-state index is -1.21. The molecule has 0 bridgehead atoms. The number of benzene rings is 1. The van der Waals surface area contributed by atoms with Gasteiger partial charge in [0.05, 0.1) is 6.04 Å². The van der Waals surface area contributed by atoms with E-state index in [0.29, 0.717) is 32.4 Å². The van der Waals surface area contributed by atoms with Gasteiger partial charge in [0.1, 0.15) is 23.2 Å². The van der Waals surface area contributed by atoms with Crippen LogP contribution in [0, 0.1) is 5.92 Å². The Labute approximate surface area is 264 Å². The number of fused-ring (bicyclic) bond motifs is 3. The van der Waals surface area contributed by atoms with Crippen LogP contribution >= 0.6 is 0 Å². The monoisotopic (exact) mass is 622 g/mol. The summed E-state index contributed by atoms with van der Waals surface area (Å²) in [6, 6.07) is 5.33. The molecule has 2 fully saturated rings. The number of hydrogen-bond donors (Lipinski definition) is 4. The first kappa shape index (κ1) is 32.3. The maximum Gasteiger partial charge on any atom is 0.408 e. The highest BCUT2D eigenvalue weighted by Gasteiger charge is 2.60. The van der Waals surface area contributed by atoms with Crippen molar-refractivity contribution in [2.24, 2.45) is 11.7 Å². The van der Waals surface area contributed by atoms with E-state index in [4.69, 9.17) is 10.5 Å². The summed E-state index contributed by atoms with van der Waals surface area (Å²) in [7, 11) is 0. The van der Waals surface area contributed by atoms with Crippen LogP contribution in [0.4, 0.5) is 9.59 Å². The molecule has 244 valence electrons. The fraction of sp³-hybridized carbons (Fsp3) is 0.606. The second-order valence-corrected chi connectivity index (χ2v) is 13.7. The van der Waals surface area contributed by atoms with Gasteiger partial charge < -0.3 is 36.2 Å². The summed E-state index contributed by atoms with van der Waals surface area (Å²) in [5.74, 6) is -1.77. The van der Waals surface area contributed by atoms with E-state index in [2.05, 4.69) is 22.0 Å². The third-order valence-electron chi connectivity index (χ3n) is 9.15. The summed E-state index contributed by atoms with van der Waals surface area (Å²) in [6.45, 7) is 6.33. The molecule has 1 saturated carbocycles. The second-order valence-electron chi connectivity index (χ2n) is 13.7. The third-order valence-corrected chi connectivity index (χ3v) is 9.15. The molecule has 1 aromatic rings. The maximum absolute atomic E-state index is 14.1. The minimum absolute atomic E-state index is 0.0759. The molecule has 12 heteroatoms. The number of nitrogens with zero attached hydrogens (tertiary/aromatic N) is 2. The Kier molecular flexibility index (Phi) is 9.41. The van der Waals surface area contributed by atoms with Crippen LogP contribution in [0.15, 0.2) is 36.4 Å². The van der Waals surface area contributed by atoms with Gasteiger partial charge in [-0.2, -0.15) is 0 Å². The number of urea groups is 1. The second kappa shape index (κ2) is 13.1. The van der Waals surface area contributed by atoms with Gasteiger partial charge in [0.25, 0.3) is 0 Å². The molecular formula is C33H46N6O6. The van der Waals surface area contributed by atoms with E-state index in [1.807, 2.05) is 30.4 Å². The minimum Gasteiger partial charge on any atom is -0.444 e. The SMILES string of the molecule is CC(C)(C)OC(=O)N[C@H]1CCCCC/C=C\[C@@H]2C[C@@]2(C(N)=O)NC(=O)[C@@H]2C[C@@H](NC(=O)N3CCc4ccccc4C3)CN2C1=O. The lowest BCUT2D eigenvalue weighted by Gasteiger charge is -2.31. The smallest absolute Gasteiger partial charge is 0.408 e. The topological polar surface area (TPSA) is 163 Å². The highest BCUT2D eigenvalue weighted by Crippen LogP contribution is 2.45. The normalized spacial score (nSPS) is 29.5. The molecule has 0 aromatic heterocycles. The predicted octanol–water partition coefficient (Wildman–Crippen LogP) is 2.50. The Morgan fingerprint density at radius 2 is 1.82 bits per heavy atom. The van der Waals surface area contributed by atoms with Gasteiger partial charge >= 0.3 is 12.1 Å². The molecule has 0 spiro atoms. The Bertz CT molecular complexity index is 1360. The number of ether oxygens (including phenoxy) is 1. The number of nitrogens with one attached hydrogen (secondary N) is 3. The number of hydrogen-bond acceptors (Lipinski definition) is 6. The molecule has 3 aliphatic heterocycles. The van der Waals surface area contributed by atoms with Crippen LogP contribution in [-0.4, -0.2) is 82.0 Å². The van der Waals surface area contributed by atoms with Crippen molar-refractivity contribution in [3.63, 3.8) is 0 Å². The van der Waals surface area contributed by atoms with Crippen LogP contribution in [-0.2, 0) is 32.1 Å². The van der Waals surface area contributed by atoms with Gasteiger partial charge in [0.2, 0.25) is 17.7 Å². The Morgan fingerprint density at radius 1 is 1.07 bits per heavy atom. The van der Waals surface area contributed by atoms with E-state index in [1.54, 1.807) is 25.7 Å². The van der Waals surface area contributed by atoms with Crippen molar-refractivity contribution in [2.45, 2.75) is 108 Å². The number of carbonyl (C=O) groups is 5. The molecule has 4 aliphatic rings. The van der Waals surface area contributed by atoms with Crippen molar-refractivity contribution in [2.75, 3.05) is 13.1 Å². The molecule has 5 N–H and O–H groups in total. The number of amides is 6.